The summed E-state index contributed by atoms with van der Waals surface area (Å²) in [4.78, 5) is 59.9. The number of benzene rings is 3. The highest BCUT2D eigenvalue weighted by molar-refractivity contribution is 6.27. The second-order valence-corrected chi connectivity index (χ2v) is 13.3. The average molecular weight is 636 g/mol. The smallest absolute Gasteiger partial charge is 0.265 e. The zero-order chi connectivity index (χ0) is 33.4. The Balaban J connectivity index is 1.37. The number of aryl methyl sites for hydroxylation is 1. The number of anilines is 1. The van der Waals surface area contributed by atoms with Crippen molar-refractivity contribution in [2.24, 2.45) is 17.8 Å². The van der Waals surface area contributed by atoms with Gasteiger partial charge in [-0.1, -0.05) is 42.5 Å². The SMILES string of the molecule is COC12C(=O)c3c(OCc4ccccc4)noc3C(N(C)C)C1CC1Cc3c(c(C)c4cc(C=O)ccc4c3N(C)C)C(=O)C1C2=O. The minimum atomic E-state index is -1.94. The van der Waals surface area contributed by atoms with Gasteiger partial charge in [0.15, 0.2) is 22.9 Å². The third-order valence-corrected chi connectivity index (χ3v) is 10.4. The third-order valence-electron chi connectivity index (χ3n) is 10.4. The van der Waals surface area contributed by atoms with Gasteiger partial charge in [0.25, 0.3) is 5.88 Å². The van der Waals surface area contributed by atoms with Crippen molar-refractivity contribution < 1.29 is 33.2 Å². The zero-order valence-electron chi connectivity index (χ0n) is 27.3. The summed E-state index contributed by atoms with van der Waals surface area (Å²) in [5.41, 5.74) is 2.48. The number of hydrogen-bond acceptors (Lipinski definition) is 10. The van der Waals surface area contributed by atoms with E-state index in [4.69, 9.17) is 14.0 Å². The summed E-state index contributed by atoms with van der Waals surface area (Å²) in [6, 6.07) is 14.4. The fourth-order valence-electron chi connectivity index (χ4n) is 8.51. The van der Waals surface area contributed by atoms with Gasteiger partial charge < -0.3 is 18.9 Å². The maximum absolute atomic E-state index is 14.9. The van der Waals surface area contributed by atoms with Gasteiger partial charge in [0.2, 0.25) is 5.78 Å². The van der Waals surface area contributed by atoms with Crippen molar-refractivity contribution in [1.29, 1.82) is 0 Å². The molecule has 4 aromatic rings. The number of aldehydes is 1. The highest BCUT2D eigenvalue weighted by Crippen LogP contribution is 2.57. The number of Topliss-reactive ketones (excluding diaryl/α,β-unsaturated/α-hetero) is 3. The van der Waals surface area contributed by atoms with E-state index in [1.165, 1.54) is 7.11 Å². The lowest BCUT2D eigenvalue weighted by molar-refractivity contribution is -0.159. The van der Waals surface area contributed by atoms with Gasteiger partial charge in [-0.2, -0.15) is 0 Å². The molecule has 47 heavy (non-hydrogen) atoms. The number of carbonyl (C=O) groups excluding carboxylic acids is 4. The summed E-state index contributed by atoms with van der Waals surface area (Å²) in [6.07, 6.45) is 1.63. The molecule has 10 heteroatoms. The molecule has 1 heterocycles. The quantitative estimate of drug-likeness (QED) is 0.202. The molecule has 0 aliphatic heterocycles. The van der Waals surface area contributed by atoms with Crippen molar-refractivity contribution in [3.05, 3.63) is 87.7 Å². The molecule has 0 radical (unpaired) electrons. The van der Waals surface area contributed by atoms with Gasteiger partial charge in [0.1, 0.15) is 18.5 Å². The normalized spacial score (nSPS) is 24.9. The third kappa shape index (κ3) is 4.34. The van der Waals surface area contributed by atoms with Gasteiger partial charge in [-0.05, 0) is 73.1 Å². The van der Waals surface area contributed by atoms with E-state index in [-0.39, 0.29) is 29.8 Å². The highest BCUT2D eigenvalue weighted by Gasteiger charge is 2.68. The van der Waals surface area contributed by atoms with Crippen LogP contribution < -0.4 is 9.64 Å². The van der Waals surface area contributed by atoms with Crippen LogP contribution in [0, 0.1) is 24.7 Å². The molecule has 3 aliphatic carbocycles. The van der Waals surface area contributed by atoms with E-state index in [1.807, 2.05) is 81.3 Å². The van der Waals surface area contributed by atoms with Gasteiger partial charge in [-0.15, -0.1) is 0 Å². The molecule has 10 nitrogen and oxygen atoms in total. The minimum Gasteiger partial charge on any atom is -0.470 e. The second-order valence-electron chi connectivity index (χ2n) is 13.3. The summed E-state index contributed by atoms with van der Waals surface area (Å²) in [7, 11) is 8.96. The van der Waals surface area contributed by atoms with Crippen LogP contribution in [0.15, 0.2) is 53.1 Å². The van der Waals surface area contributed by atoms with Gasteiger partial charge >= 0.3 is 0 Å². The highest BCUT2D eigenvalue weighted by atomic mass is 16.5. The largest absolute Gasteiger partial charge is 0.470 e. The minimum absolute atomic E-state index is 0.00487. The summed E-state index contributed by atoms with van der Waals surface area (Å²) < 4.78 is 17.9. The molecular formula is C37H37N3O7. The average Bonchev–Trinajstić information content (AvgIpc) is 3.47. The van der Waals surface area contributed by atoms with E-state index in [0.717, 1.165) is 33.9 Å². The first-order valence-electron chi connectivity index (χ1n) is 15.8. The molecule has 0 saturated heterocycles. The lowest BCUT2D eigenvalue weighted by Crippen LogP contribution is -2.67. The molecule has 5 unspecified atom stereocenters. The number of ketones is 3. The van der Waals surface area contributed by atoms with Crippen LogP contribution in [0.3, 0.4) is 0 Å². The van der Waals surface area contributed by atoms with Crippen molar-refractivity contribution in [2.75, 3.05) is 40.2 Å². The first-order valence-corrected chi connectivity index (χ1v) is 15.8. The Bertz CT molecular complexity index is 1960. The fraction of sp³-hybridized carbons (Fsp3) is 0.378. The lowest BCUT2D eigenvalue weighted by Gasteiger charge is -2.52. The number of aromatic nitrogens is 1. The topological polar surface area (TPSA) is 119 Å². The first-order chi connectivity index (χ1) is 22.5. The molecule has 7 rings (SSSR count). The Hall–Kier alpha value is -4.67. The van der Waals surface area contributed by atoms with Crippen molar-refractivity contribution in [3.8, 4) is 5.88 Å². The molecular weight excluding hydrogens is 598 g/mol. The molecule has 3 aromatic carbocycles. The van der Waals surface area contributed by atoms with Gasteiger partial charge in [0, 0.05) is 49.3 Å². The van der Waals surface area contributed by atoms with E-state index < -0.39 is 35.0 Å². The van der Waals surface area contributed by atoms with Gasteiger partial charge in [0.05, 0.1) is 12.0 Å². The van der Waals surface area contributed by atoms with Gasteiger partial charge in [-0.25, -0.2) is 0 Å². The number of fused-ring (bicyclic) bond motifs is 5. The summed E-state index contributed by atoms with van der Waals surface area (Å²) in [5.74, 6) is -3.21. The van der Waals surface area contributed by atoms with Crippen LogP contribution in [-0.2, 0) is 22.6 Å². The van der Waals surface area contributed by atoms with Crippen LogP contribution in [0.5, 0.6) is 5.88 Å². The zero-order valence-corrected chi connectivity index (χ0v) is 27.3. The Morgan fingerprint density at radius 1 is 1.02 bits per heavy atom. The number of ether oxygens (including phenoxy) is 2. The summed E-state index contributed by atoms with van der Waals surface area (Å²) >= 11 is 0. The van der Waals surface area contributed by atoms with Crippen molar-refractivity contribution in [2.45, 2.75) is 38.0 Å². The van der Waals surface area contributed by atoms with Crippen LogP contribution >= 0.6 is 0 Å². The van der Waals surface area contributed by atoms with Crippen LogP contribution in [0.25, 0.3) is 10.8 Å². The Labute approximate surface area is 272 Å². The maximum Gasteiger partial charge on any atom is 0.265 e. The second kappa shape index (κ2) is 11.2. The van der Waals surface area contributed by atoms with Crippen molar-refractivity contribution in [3.63, 3.8) is 0 Å². The van der Waals surface area contributed by atoms with Crippen LogP contribution in [-0.4, -0.2) is 74.6 Å². The van der Waals surface area contributed by atoms with Crippen molar-refractivity contribution in [1.82, 2.24) is 10.1 Å². The molecule has 1 aromatic heterocycles. The Kier molecular flexibility index (Phi) is 7.40. The number of methoxy groups -OCH3 is 1. The van der Waals surface area contributed by atoms with E-state index in [2.05, 4.69) is 5.16 Å². The van der Waals surface area contributed by atoms with Crippen LogP contribution in [0.2, 0.25) is 0 Å². The van der Waals surface area contributed by atoms with Crippen LogP contribution in [0.4, 0.5) is 5.69 Å². The number of carbonyl (C=O) groups is 4. The number of hydrogen-bond donors (Lipinski definition) is 0. The molecule has 1 fully saturated rings. The molecule has 0 N–H and O–H groups in total. The number of rotatable bonds is 7. The van der Waals surface area contributed by atoms with Gasteiger partial charge in [-0.3, -0.25) is 24.1 Å². The predicted octanol–water partition coefficient (Wildman–Crippen LogP) is 5.04. The van der Waals surface area contributed by atoms with E-state index in [9.17, 15) is 19.2 Å². The standard InChI is InChI=1S/C37H37N3O7/c1-19-24-14-21(17-41)12-13-23(24)30(39(2)3)25-15-22-16-26-31(40(4)5)33-29(36(38-47-33)46-18-20-10-8-7-9-11-20)35(44)37(26,45-6)34(43)28(22)32(42)27(19)25/h7-14,17,22,26,28,31H,15-16,18H2,1-6H3. The summed E-state index contributed by atoms with van der Waals surface area (Å²) in [5, 5.41) is 5.88. The Morgan fingerprint density at radius 3 is 2.43 bits per heavy atom. The molecule has 0 bridgehead atoms. The monoisotopic (exact) mass is 635 g/mol. The lowest BCUT2D eigenvalue weighted by atomic mass is 9.53. The molecule has 0 amide bonds. The van der Waals surface area contributed by atoms with E-state index in [1.54, 1.807) is 12.1 Å². The van der Waals surface area contributed by atoms with Crippen LogP contribution in [0.1, 0.15) is 66.0 Å². The maximum atomic E-state index is 14.9. The first kappa shape index (κ1) is 31.0. The number of nitrogens with zero attached hydrogens (tertiary/aromatic N) is 3. The predicted molar refractivity (Wildman–Crippen MR) is 174 cm³/mol. The fourth-order valence-corrected chi connectivity index (χ4v) is 8.51. The summed E-state index contributed by atoms with van der Waals surface area (Å²) in [6.45, 7) is 2.01. The molecule has 0 spiro atoms. The molecule has 242 valence electrons. The molecule has 1 saturated carbocycles. The van der Waals surface area contributed by atoms with Crippen molar-refractivity contribution >= 4 is 40.1 Å². The van der Waals surface area contributed by atoms with E-state index in [0.29, 0.717) is 35.3 Å². The molecule has 5 atom stereocenters. The van der Waals surface area contributed by atoms with E-state index >= 15 is 0 Å². The Morgan fingerprint density at radius 2 is 1.77 bits per heavy atom. The molecule has 3 aliphatic rings.